The van der Waals surface area contributed by atoms with E-state index in [1.807, 2.05) is 0 Å². The minimum Gasteiger partial charge on any atom is -0.385 e. The molecule has 0 aliphatic heterocycles. The maximum atomic E-state index is 11.8. The number of nitro groups is 1. The maximum absolute atomic E-state index is 11.8. The van der Waals surface area contributed by atoms with Gasteiger partial charge in [-0.1, -0.05) is 11.6 Å². The molecule has 1 heterocycles. The van der Waals surface area contributed by atoms with Crippen LogP contribution in [0.1, 0.15) is 23.2 Å². The van der Waals surface area contributed by atoms with Crippen molar-refractivity contribution in [2.45, 2.75) is 12.8 Å². The van der Waals surface area contributed by atoms with Gasteiger partial charge in [-0.3, -0.25) is 14.9 Å². The second-order valence-electron chi connectivity index (χ2n) is 3.71. The summed E-state index contributed by atoms with van der Waals surface area (Å²) in [5, 5.41) is 13.1. The second kappa shape index (κ2) is 7.65. The molecule has 0 unspecified atom stereocenters. The number of carbonyl (C=O) groups excluding carboxylic acids is 1. The van der Waals surface area contributed by atoms with Crippen LogP contribution in [0.25, 0.3) is 0 Å². The van der Waals surface area contributed by atoms with Gasteiger partial charge in [0, 0.05) is 26.5 Å². The SMILES string of the molecule is COCCCCNC(=O)c1ccnc(Cl)c1[N+](=O)[O-]. The van der Waals surface area contributed by atoms with Crippen molar-refractivity contribution in [3.8, 4) is 0 Å². The highest BCUT2D eigenvalue weighted by atomic mass is 35.5. The van der Waals surface area contributed by atoms with Gasteiger partial charge in [0.05, 0.1) is 4.92 Å². The Hall–Kier alpha value is -1.73. The summed E-state index contributed by atoms with van der Waals surface area (Å²) in [6.07, 6.45) is 2.79. The van der Waals surface area contributed by atoms with Crippen LogP contribution in [-0.2, 0) is 4.74 Å². The van der Waals surface area contributed by atoms with Gasteiger partial charge in [0.25, 0.3) is 5.91 Å². The zero-order valence-corrected chi connectivity index (χ0v) is 11.1. The van der Waals surface area contributed by atoms with Crippen molar-refractivity contribution in [2.75, 3.05) is 20.3 Å². The third-order valence-electron chi connectivity index (χ3n) is 2.37. The number of amides is 1. The van der Waals surface area contributed by atoms with E-state index in [4.69, 9.17) is 16.3 Å². The van der Waals surface area contributed by atoms with Crippen molar-refractivity contribution in [3.63, 3.8) is 0 Å². The van der Waals surface area contributed by atoms with Crippen molar-refractivity contribution in [2.24, 2.45) is 0 Å². The van der Waals surface area contributed by atoms with Crippen LogP contribution in [0, 0.1) is 10.1 Å². The Bertz CT molecular complexity index is 467. The van der Waals surface area contributed by atoms with Gasteiger partial charge >= 0.3 is 5.69 Å². The molecule has 0 spiro atoms. The summed E-state index contributed by atoms with van der Waals surface area (Å²) >= 11 is 5.62. The molecular weight excluding hydrogens is 274 g/mol. The van der Waals surface area contributed by atoms with Crippen molar-refractivity contribution >= 4 is 23.2 Å². The number of methoxy groups -OCH3 is 1. The Labute approximate surface area is 115 Å². The van der Waals surface area contributed by atoms with Crippen molar-refractivity contribution in [1.29, 1.82) is 0 Å². The van der Waals surface area contributed by atoms with Crippen LogP contribution >= 0.6 is 11.6 Å². The molecule has 0 saturated carbocycles. The molecule has 0 fully saturated rings. The number of rotatable bonds is 7. The molecule has 0 atom stereocenters. The summed E-state index contributed by atoms with van der Waals surface area (Å²) in [5.41, 5.74) is -0.560. The largest absolute Gasteiger partial charge is 0.385 e. The van der Waals surface area contributed by atoms with Crippen LogP contribution in [0.2, 0.25) is 5.15 Å². The molecule has 1 aromatic heterocycles. The number of hydrogen-bond donors (Lipinski definition) is 1. The third-order valence-corrected chi connectivity index (χ3v) is 2.64. The number of halogens is 1. The van der Waals surface area contributed by atoms with E-state index >= 15 is 0 Å². The number of carbonyl (C=O) groups is 1. The lowest BCUT2D eigenvalue weighted by Gasteiger charge is -2.06. The molecule has 0 aromatic carbocycles. The van der Waals surface area contributed by atoms with E-state index in [0.717, 1.165) is 12.8 Å². The minimum atomic E-state index is -0.713. The standard InChI is InChI=1S/C11H14ClN3O4/c1-19-7-3-2-5-14-11(16)8-4-6-13-10(12)9(8)15(17)18/h4,6H,2-3,5,7H2,1H3,(H,14,16). The van der Waals surface area contributed by atoms with Crippen molar-refractivity contribution in [1.82, 2.24) is 10.3 Å². The van der Waals surface area contributed by atoms with E-state index in [0.29, 0.717) is 13.2 Å². The normalized spacial score (nSPS) is 10.2. The summed E-state index contributed by atoms with van der Waals surface area (Å²) < 4.78 is 4.87. The number of nitrogens with one attached hydrogen (secondary N) is 1. The number of hydrogen-bond acceptors (Lipinski definition) is 5. The molecule has 8 heteroatoms. The summed E-state index contributed by atoms with van der Waals surface area (Å²) in [6, 6.07) is 1.27. The Morgan fingerprint density at radius 2 is 2.32 bits per heavy atom. The van der Waals surface area contributed by atoms with Crippen LogP contribution < -0.4 is 5.32 Å². The fourth-order valence-electron chi connectivity index (χ4n) is 1.45. The summed E-state index contributed by atoms with van der Waals surface area (Å²) in [7, 11) is 1.60. The molecule has 1 rings (SSSR count). The van der Waals surface area contributed by atoms with Gasteiger partial charge in [0.2, 0.25) is 5.15 Å². The number of aromatic nitrogens is 1. The van der Waals surface area contributed by atoms with E-state index in [1.54, 1.807) is 7.11 Å². The van der Waals surface area contributed by atoms with Crippen molar-refractivity contribution < 1.29 is 14.5 Å². The second-order valence-corrected chi connectivity index (χ2v) is 4.07. The third kappa shape index (κ3) is 4.46. The Balaban J connectivity index is 2.67. The molecule has 0 aliphatic carbocycles. The lowest BCUT2D eigenvalue weighted by Crippen LogP contribution is -2.25. The number of ether oxygens (including phenoxy) is 1. The lowest BCUT2D eigenvalue weighted by molar-refractivity contribution is -0.385. The van der Waals surface area contributed by atoms with Gasteiger partial charge in [-0.05, 0) is 18.9 Å². The highest BCUT2D eigenvalue weighted by Crippen LogP contribution is 2.25. The zero-order chi connectivity index (χ0) is 14.3. The predicted molar refractivity (Wildman–Crippen MR) is 69.3 cm³/mol. The average molecular weight is 288 g/mol. The molecule has 0 aliphatic rings. The van der Waals surface area contributed by atoms with Gasteiger partial charge in [0.1, 0.15) is 5.56 Å². The Morgan fingerprint density at radius 1 is 1.58 bits per heavy atom. The number of nitrogens with zero attached hydrogens (tertiary/aromatic N) is 2. The number of unbranched alkanes of at least 4 members (excludes halogenated alkanes) is 1. The molecule has 104 valence electrons. The summed E-state index contributed by atoms with van der Waals surface area (Å²) in [6.45, 7) is 1.02. The van der Waals surface area contributed by atoms with Gasteiger partial charge in [-0.2, -0.15) is 0 Å². The van der Waals surface area contributed by atoms with Crippen LogP contribution in [0.5, 0.6) is 0 Å². The van der Waals surface area contributed by atoms with Gasteiger partial charge in [-0.25, -0.2) is 4.98 Å². The highest BCUT2D eigenvalue weighted by Gasteiger charge is 2.24. The summed E-state index contributed by atoms with van der Waals surface area (Å²) in [5.74, 6) is -0.534. The van der Waals surface area contributed by atoms with Gasteiger partial charge in [0.15, 0.2) is 0 Å². The first-order valence-electron chi connectivity index (χ1n) is 5.64. The van der Waals surface area contributed by atoms with Crippen LogP contribution in [0.3, 0.4) is 0 Å². The first-order chi connectivity index (χ1) is 9.07. The quantitative estimate of drug-likeness (QED) is 0.357. The topological polar surface area (TPSA) is 94.4 Å². The van der Waals surface area contributed by atoms with E-state index in [2.05, 4.69) is 10.3 Å². The molecule has 7 nitrogen and oxygen atoms in total. The van der Waals surface area contributed by atoms with E-state index in [-0.39, 0.29) is 10.7 Å². The first-order valence-corrected chi connectivity index (χ1v) is 6.01. The van der Waals surface area contributed by atoms with E-state index < -0.39 is 16.5 Å². The van der Waals surface area contributed by atoms with E-state index in [9.17, 15) is 14.9 Å². The van der Waals surface area contributed by atoms with Crippen LogP contribution in [0.4, 0.5) is 5.69 Å². The van der Waals surface area contributed by atoms with E-state index in [1.165, 1.54) is 12.3 Å². The first kappa shape index (κ1) is 15.3. The van der Waals surface area contributed by atoms with Gasteiger partial charge < -0.3 is 10.1 Å². The molecule has 1 amide bonds. The number of pyridine rings is 1. The Kier molecular flexibility index (Phi) is 6.17. The Morgan fingerprint density at radius 3 is 2.95 bits per heavy atom. The van der Waals surface area contributed by atoms with Crippen molar-refractivity contribution in [3.05, 3.63) is 33.1 Å². The molecule has 0 bridgehead atoms. The molecule has 1 aromatic rings. The highest BCUT2D eigenvalue weighted by molar-refractivity contribution is 6.32. The smallest absolute Gasteiger partial charge is 0.319 e. The molecular formula is C11H14ClN3O4. The predicted octanol–water partition coefficient (Wildman–Crippen LogP) is 1.80. The fourth-order valence-corrected chi connectivity index (χ4v) is 1.68. The zero-order valence-electron chi connectivity index (χ0n) is 10.4. The molecule has 0 saturated heterocycles. The van der Waals surface area contributed by atoms with Crippen LogP contribution in [0.15, 0.2) is 12.3 Å². The maximum Gasteiger partial charge on any atom is 0.319 e. The molecule has 19 heavy (non-hydrogen) atoms. The van der Waals surface area contributed by atoms with Crippen LogP contribution in [-0.4, -0.2) is 36.1 Å². The van der Waals surface area contributed by atoms with Gasteiger partial charge in [-0.15, -0.1) is 0 Å². The monoisotopic (exact) mass is 287 g/mol. The average Bonchev–Trinajstić information content (AvgIpc) is 2.37. The molecule has 0 radical (unpaired) electrons. The fraction of sp³-hybridized carbons (Fsp3) is 0.455. The summed E-state index contributed by atoms with van der Waals surface area (Å²) in [4.78, 5) is 25.5. The molecule has 1 N–H and O–H groups in total. The minimum absolute atomic E-state index is 0.0864. The lowest BCUT2D eigenvalue weighted by atomic mass is 10.2.